The van der Waals surface area contributed by atoms with Crippen LogP contribution in [-0.2, 0) is 4.79 Å². The fourth-order valence-electron chi connectivity index (χ4n) is 2.77. The summed E-state index contributed by atoms with van der Waals surface area (Å²) in [5.74, 6) is 0.946. The van der Waals surface area contributed by atoms with Crippen LogP contribution in [0.3, 0.4) is 0 Å². The van der Waals surface area contributed by atoms with Crippen LogP contribution >= 0.6 is 11.3 Å². The van der Waals surface area contributed by atoms with Crippen LogP contribution in [0.1, 0.15) is 25.3 Å². The molecule has 0 unspecified atom stereocenters. The molecule has 1 aliphatic rings. The standard InChI is InChI=1S/C19H21N5O2S/c1-13-7-9-24(10-8-13)19-23-22-18(27-19)21-17(25)15(12-20)11-14-3-5-16(26-2)6-4-14/h3-6,11,13H,7-10H2,1-2H3,(H,21,22,25)/b15-11-. The van der Waals surface area contributed by atoms with Gasteiger partial charge in [0.25, 0.3) is 5.91 Å². The van der Waals surface area contributed by atoms with Gasteiger partial charge in [0, 0.05) is 13.1 Å². The quantitative estimate of drug-likeness (QED) is 0.629. The van der Waals surface area contributed by atoms with E-state index in [0.29, 0.717) is 10.9 Å². The van der Waals surface area contributed by atoms with Crippen LogP contribution in [0.5, 0.6) is 5.75 Å². The van der Waals surface area contributed by atoms with E-state index in [1.165, 1.54) is 17.4 Å². The molecule has 0 radical (unpaired) electrons. The maximum atomic E-state index is 12.4. The number of nitrogens with zero attached hydrogens (tertiary/aromatic N) is 4. The molecule has 0 atom stereocenters. The van der Waals surface area contributed by atoms with Gasteiger partial charge in [-0.05, 0) is 42.5 Å². The third kappa shape index (κ3) is 4.83. The number of methoxy groups -OCH3 is 1. The van der Waals surface area contributed by atoms with Crippen LogP contribution in [0.4, 0.5) is 10.3 Å². The van der Waals surface area contributed by atoms with Crippen LogP contribution in [-0.4, -0.2) is 36.3 Å². The number of hydrogen-bond donors (Lipinski definition) is 1. The Morgan fingerprint density at radius 3 is 2.67 bits per heavy atom. The molecule has 1 amide bonds. The maximum absolute atomic E-state index is 12.4. The van der Waals surface area contributed by atoms with E-state index < -0.39 is 5.91 Å². The zero-order valence-corrected chi connectivity index (χ0v) is 16.1. The van der Waals surface area contributed by atoms with Gasteiger partial charge in [0.05, 0.1) is 7.11 Å². The number of nitrogens with one attached hydrogen (secondary N) is 1. The smallest absolute Gasteiger partial charge is 0.268 e. The number of nitriles is 1. The molecule has 8 heteroatoms. The summed E-state index contributed by atoms with van der Waals surface area (Å²) >= 11 is 1.33. The van der Waals surface area contributed by atoms with Gasteiger partial charge in [-0.1, -0.05) is 30.4 Å². The number of aromatic nitrogens is 2. The van der Waals surface area contributed by atoms with E-state index in [1.54, 1.807) is 31.4 Å². The first-order valence-corrected chi connectivity index (χ1v) is 9.56. The van der Waals surface area contributed by atoms with Gasteiger partial charge < -0.3 is 9.64 Å². The molecule has 0 saturated carbocycles. The summed E-state index contributed by atoms with van der Waals surface area (Å²) < 4.78 is 5.10. The van der Waals surface area contributed by atoms with Crippen molar-refractivity contribution < 1.29 is 9.53 Å². The summed E-state index contributed by atoms with van der Waals surface area (Å²) in [5.41, 5.74) is 0.742. The summed E-state index contributed by atoms with van der Waals surface area (Å²) in [7, 11) is 1.58. The maximum Gasteiger partial charge on any atom is 0.268 e. The molecule has 0 bridgehead atoms. The number of amides is 1. The Labute approximate surface area is 162 Å². The molecule has 1 aromatic carbocycles. The molecule has 0 aliphatic carbocycles. The van der Waals surface area contributed by atoms with E-state index in [4.69, 9.17) is 4.74 Å². The Balaban J connectivity index is 1.66. The fourth-order valence-corrected chi connectivity index (χ4v) is 3.57. The molecule has 0 spiro atoms. The molecule has 1 fully saturated rings. The highest BCUT2D eigenvalue weighted by atomic mass is 32.1. The van der Waals surface area contributed by atoms with Gasteiger partial charge in [-0.2, -0.15) is 5.26 Å². The monoisotopic (exact) mass is 383 g/mol. The van der Waals surface area contributed by atoms with E-state index in [2.05, 4.69) is 27.3 Å². The molecule has 1 aliphatic heterocycles. The Morgan fingerprint density at radius 2 is 2.04 bits per heavy atom. The normalized spacial score (nSPS) is 15.3. The number of anilines is 2. The zero-order valence-electron chi connectivity index (χ0n) is 15.3. The largest absolute Gasteiger partial charge is 0.497 e. The van der Waals surface area contributed by atoms with E-state index in [0.717, 1.165) is 42.5 Å². The highest BCUT2D eigenvalue weighted by molar-refractivity contribution is 7.19. The van der Waals surface area contributed by atoms with Crippen LogP contribution in [0.2, 0.25) is 0 Å². The van der Waals surface area contributed by atoms with Crippen molar-refractivity contribution in [2.45, 2.75) is 19.8 Å². The summed E-state index contributed by atoms with van der Waals surface area (Å²) in [6.45, 7) is 4.15. The van der Waals surface area contributed by atoms with Crippen molar-refractivity contribution in [3.8, 4) is 11.8 Å². The number of carbonyl (C=O) groups is 1. The number of hydrogen-bond acceptors (Lipinski definition) is 7. The van der Waals surface area contributed by atoms with Gasteiger partial charge in [-0.3, -0.25) is 10.1 Å². The number of carbonyl (C=O) groups excluding carboxylic acids is 1. The van der Waals surface area contributed by atoms with Crippen molar-refractivity contribution in [3.05, 3.63) is 35.4 Å². The first kappa shape index (κ1) is 18.9. The number of piperidine rings is 1. The Morgan fingerprint density at radius 1 is 1.33 bits per heavy atom. The average molecular weight is 383 g/mol. The Kier molecular flexibility index (Phi) is 6.04. The summed E-state index contributed by atoms with van der Waals surface area (Å²) in [6, 6.07) is 9.05. The lowest BCUT2D eigenvalue weighted by atomic mass is 10.00. The van der Waals surface area contributed by atoms with E-state index in [9.17, 15) is 10.1 Å². The fraction of sp³-hybridized carbons (Fsp3) is 0.368. The molecular formula is C19H21N5O2S. The molecule has 140 valence electrons. The third-order valence-corrected chi connectivity index (χ3v) is 5.38. The Bertz CT molecular complexity index is 861. The van der Waals surface area contributed by atoms with Gasteiger partial charge in [0.1, 0.15) is 17.4 Å². The van der Waals surface area contributed by atoms with Gasteiger partial charge in [0.2, 0.25) is 10.3 Å². The molecule has 2 aromatic rings. The van der Waals surface area contributed by atoms with Gasteiger partial charge >= 0.3 is 0 Å². The predicted molar refractivity (Wildman–Crippen MR) is 106 cm³/mol. The number of rotatable bonds is 5. The van der Waals surface area contributed by atoms with Crippen LogP contribution in [0.25, 0.3) is 6.08 Å². The lowest BCUT2D eigenvalue weighted by Crippen LogP contribution is -2.32. The van der Waals surface area contributed by atoms with Gasteiger partial charge in [0.15, 0.2) is 0 Å². The van der Waals surface area contributed by atoms with Gasteiger partial charge in [-0.25, -0.2) is 0 Å². The van der Waals surface area contributed by atoms with Crippen molar-refractivity contribution in [2.24, 2.45) is 5.92 Å². The lowest BCUT2D eigenvalue weighted by molar-refractivity contribution is -0.112. The molecule has 7 nitrogen and oxygen atoms in total. The van der Waals surface area contributed by atoms with Crippen molar-refractivity contribution in [1.82, 2.24) is 10.2 Å². The minimum atomic E-state index is -0.497. The molecule has 1 saturated heterocycles. The third-order valence-electron chi connectivity index (χ3n) is 4.48. The molecule has 3 rings (SSSR count). The summed E-state index contributed by atoms with van der Waals surface area (Å²) in [6.07, 6.45) is 3.79. The minimum absolute atomic E-state index is 0.00344. The second-order valence-corrected chi connectivity index (χ2v) is 7.41. The Hall–Kier alpha value is -2.92. The number of benzene rings is 1. The summed E-state index contributed by atoms with van der Waals surface area (Å²) in [5, 5.41) is 21.4. The van der Waals surface area contributed by atoms with Gasteiger partial charge in [-0.15, -0.1) is 10.2 Å². The van der Waals surface area contributed by atoms with Crippen LogP contribution < -0.4 is 15.0 Å². The average Bonchev–Trinajstić information content (AvgIpc) is 3.15. The molecule has 1 N–H and O–H groups in total. The first-order chi connectivity index (χ1) is 13.1. The SMILES string of the molecule is COc1ccc(/C=C(/C#N)C(=O)Nc2nnc(N3CCC(C)CC3)s2)cc1. The van der Waals surface area contributed by atoms with E-state index >= 15 is 0 Å². The number of ether oxygens (including phenoxy) is 1. The van der Waals surface area contributed by atoms with Crippen molar-refractivity contribution in [1.29, 1.82) is 5.26 Å². The van der Waals surface area contributed by atoms with Crippen LogP contribution in [0, 0.1) is 17.2 Å². The highest BCUT2D eigenvalue weighted by Crippen LogP contribution is 2.28. The second kappa shape index (κ2) is 8.64. The van der Waals surface area contributed by atoms with Crippen LogP contribution in [0.15, 0.2) is 29.8 Å². The molecule has 27 heavy (non-hydrogen) atoms. The summed E-state index contributed by atoms with van der Waals surface area (Å²) in [4.78, 5) is 14.6. The van der Waals surface area contributed by atoms with Crippen molar-refractivity contribution >= 4 is 33.6 Å². The molecule has 2 heterocycles. The topological polar surface area (TPSA) is 91.1 Å². The predicted octanol–water partition coefficient (Wildman–Crippen LogP) is 3.33. The lowest BCUT2D eigenvalue weighted by Gasteiger charge is -2.29. The second-order valence-electron chi connectivity index (χ2n) is 6.46. The zero-order chi connectivity index (χ0) is 19.2. The minimum Gasteiger partial charge on any atom is -0.497 e. The van der Waals surface area contributed by atoms with Crippen molar-refractivity contribution in [3.63, 3.8) is 0 Å². The molecule has 1 aromatic heterocycles. The van der Waals surface area contributed by atoms with Crippen molar-refractivity contribution in [2.75, 3.05) is 30.4 Å². The highest BCUT2D eigenvalue weighted by Gasteiger charge is 2.20. The van der Waals surface area contributed by atoms with E-state index in [-0.39, 0.29) is 5.57 Å². The molecular weight excluding hydrogens is 362 g/mol. The first-order valence-electron chi connectivity index (χ1n) is 8.74. The van der Waals surface area contributed by atoms with E-state index in [1.807, 2.05) is 6.07 Å².